The van der Waals surface area contributed by atoms with E-state index in [0.717, 1.165) is 30.0 Å². The van der Waals surface area contributed by atoms with Crippen molar-refractivity contribution in [1.82, 2.24) is 10.3 Å². The van der Waals surface area contributed by atoms with Crippen molar-refractivity contribution < 1.29 is 9.47 Å². The van der Waals surface area contributed by atoms with E-state index in [9.17, 15) is 0 Å². The van der Waals surface area contributed by atoms with E-state index in [1.54, 1.807) is 7.11 Å². The number of methoxy groups -OCH3 is 1. The van der Waals surface area contributed by atoms with E-state index in [4.69, 9.17) is 9.47 Å². The molecule has 0 aliphatic carbocycles. The summed E-state index contributed by atoms with van der Waals surface area (Å²) in [5.74, 6) is 1.83. The van der Waals surface area contributed by atoms with Gasteiger partial charge in [-0.25, -0.2) is 0 Å². The zero-order chi connectivity index (χ0) is 21.4. The first kappa shape index (κ1) is 19.7. The maximum atomic E-state index is 6.09. The van der Waals surface area contributed by atoms with Gasteiger partial charge >= 0.3 is 0 Å². The van der Waals surface area contributed by atoms with Crippen molar-refractivity contribution in [1.29, 1.82) is 0 Å². The molecule has 1 aromatic heterocycles. The Balaban J connectivity index is 1.51. The highest BCUT2D eigenvalue weighted by Crippen LogP contribution is 2.38. The summed E-state index contributed by atoms with van der Waals surface area (Å²) in [6.07, 6.45) is 0.987. The van der Waals surface area contributed by atoms with Crippen LogP contribution in [0, 0.1) is 13.8 Å². The first-order valence-electron chi connectivity index (χ1n) is 10.8. The molecule has 0 saturated heterocycles. The average Bonchev–Trinajstić information content (AvgIpc) is 3.18. The molecule has 1 aliphatic heterocycles. The van der Waals surface area contributed by atoms with Gasteiger partial charge in [0, 0.05) is 28.7 Å². The monoisotopic (exact) mass is 412 g/mol. The number of benzene rings is 3. The van der Waals surface area contributed by atoms with Gasteiger partial charge in [-0.2, -0.15) is 0 Å². The minimum absolute atomic E-state index is 0.0825. The summed E-state index contributed by atoms with van der Waals surface area (Å²) in [7, 11) is 1.75. The zero-order valence-electron chi connectivity index (χ0n) is 18.3. The molecular formula is C27H28N2O2. The van der Waals surface area contributed by atoms with Crippen LogP contribution < -0.4 is 14.8 Å². The quantitative estimate of drug-likeness (QED) is 0.448. The van der Waals surface area contributed by atoms with Crippen LogP contribution in [0.2, 0.25) is 0 Å². The van der Waals surface area contributed by atoms with Crippen molar-refractivity contribution in [3.63, 3.8) is 0 Å². The van der Waals surface area contributed by atoms with Crippen LogP contribution in [0.5, 0.6) is 11.5 Å². The lowest BCUT2D eigenvalue weighted by molar-refractivity contribution is 0.306. The standard InChI is InChI=1S/C27H28N2O2/c1-17-13-23(25(30-3)14-18(17)2)26-27-21(11-12-28-26)22-15-20(9-10-24(22)29-27)31-16-19-7-5-4-6-8-19/h4-10,13-15,26,28-29H,11-12,16H2,1-3H3. The van der Waals surface area contributed by atoms with Gasteiger partial charge in [0.15, 0.2) is 0 Å². The molecule has 1 unspecified atom stereocenters. The summed E-state index contributed by atoms with van der Waals surface area (Å²) >= 11 is 0. The van der Waals surface area contributed by atoms with Crippen LogP contribution in [-0.2, 0) is 13.0 Å². The van der Waals surface area contributed by atoms with Crippen molar-refractivity contribution in [2.75, 3.05) is 13.7 Å². The molecule has 5 rings (SSSR count). The van der Waals surface area contributed by atoms with Gasteiger partial charge in [0.25, 0.3) is 0 Å². The summed E-state index contributed by atoms with van der Waals surface area (Å²) in [4.78, 5) is 3.68. The molecule has 4 heteroatoms. The minimum atomic E-state index is 0.0825. The van der Waals surface area contributed by atoms with Crippen molar-refractivity contribution >= 4 is 10.9 Å². The second-order valence-corrected chi connectivity index (χ2v) is 8.31. The Morgan fingerprint density at radius 3 is 2.58 bits per heavy atom. The Hall–Kier alpha value is -3.24. The summed E-state index contributed by atoms with van der Waals surface area (Å²) in [5.41, 5.74) is 8.61. The Labute approximate surface area is 183 Å². The van der Waals surface area contributed by atoms with Crippen molar-refractivity contribution in [3.8, 4) is 11.5 Å². The molecule has 0 spiro atoms. The van der Waals surface area contributed by atoms with Crippen LogP contribution >= 0.6 is 0 Å². The van der Waals surface area contributed by atoms with Gasteiger partial charge in [-0.3, -0.25) is 0 Å². The molecule has 0 fully saturated rings. The highest BCUT2D eigenvalue weighted by Gasteiger charge is 2.28. The van der Waals surface area contributed by atoms with Crippen LogP contribution in [0.1, 0.15) is 39.6 Å². The fourth-order valence-corrected chi connectivity index (χ4v) is 4.52. The fraction of sp³-hybridized carbons (Fsp3) is 0.259. The Morgan fingerprint density at radius 1 is 0.968 bits per heavy atom. The highest BCUT2D eigenvalue weighted by molar-refractivity contribution is 5.86. The van der Waals surface area contributed by atoms with Crippen molar-refractivity contribution in [2.24, 2.45) is 0 Å². The van der Waals surface area contributed by atoms with Gasteiger partial charge in [-0.1, -0.05) is 36.4 Å². The number of nitrogens with one attached hydrogen (secondary N) is 2. The zero-order valence-corrected chi connectivity index (χ0v) is 18.3. The van der Waals surface area contributed by atoms with E-state index in [0.29, 0.717) is 6.61 Å². The number of rotatable bonds is 5. The van der Waals surface area contributed by atoms with E-state index in [1.165, 1.54) is 38.9 Å². The molecule has 158 valence electrons. The van der Waals surface area contributed by atoms with E-state index in [1.807, 2.05) is 24.3 Å². The highest BCUT2D eigenvalue weighted by atomic mass is 16.5. The number of fused-ring (bicyclic) bond motifs is 3. The van der Waals surface area contributed by atoms with Gasteiger partial charge in [-0.15, -0.1) is 0 Å². The van der Waals surface area contributed by atoms with E-state index < -0.39 is 0 Å². The van der Waals surface area contributed by atoms with Crippen LogP contribution in [0.4, 0.5) is 0 Å². The van der Waals surface area contributed by atoms with Gasteiger partial charge < -0.3 is 19.8 Å². The third kappa shape index (κ3) is 3.68. The van der Waals surface area contributed by atoms with Crippen molar-refractivity contribution in [2.45, 2.75) is 32.9 Å². The molecule has 0 saturated carbocycles. The smallest absolute Gasteiger partial charge is 0.124 e. The lowest BCUT2D eigenvalue weighted by Gasteiger charge is -2.27. The molecule has 2 N–H and O–H groups in total. The van der Waals surface area contributed by atoms with Crippen molar-refractivity contribution in [3.05, 3.63) is 94.2 Å². The third-order valence-corrected chi connectivity index (χ3v) is 6.33. The van der Waals surface area contributed by atoms with E-state index in [2.05, 4.69) is 60.5 Å². The lowest BCUT2D eigenvalue weighted by atomic mass is 9.92. The van der Waals surface area contributed by atoms with Gasteiger partial charge in [0.05, 0.1) is 13.2 Å². The Morgan fingerprint density at radius 2 is 1.77 bits per heavy atom. The molecule has 2 heterocycles. The molecule has 0 amide bonds. The van der Waals surface area contributed by atoms with E-state index >= 15 is 0 Å². The van der Waals surface area contributed by atoms with Gasteiger partial charge in [-0.05, 0) is 66.8 Å². The number of aromatic amines is 1. The molecule has 31 heavy (non-hydrogen) atoms. The number of hydrogen-bond acceptors (Lipinski definition) is 3. The predicted molar refractivity (Wildman–Crippen MR) is 125 cm³/mol. The average molecular weight is 413 g/mol. The predicted octanol–water partition coefficient (Wildman–Crippen LogP) is 5.61. The normalized spacial score (nSPS) is 15.6. The molecule has 1 atom stereocenters. The summed E-state index contributed by atoms with van der Waals surface area (Å²) in [5, 5.41) is 4.94. The molecule has 0 bridgehead atoms. The molecule has 4 nitrogen and oxygen atoms in total. The first-order chi connectivity index (χ1) is 15.1. The maximum Gasteiger partial charge on any atom is 0.124 e. The lowest BCUT2D eigenvalue weighted by Crippen LogP contribution is -2.30. The van der Waals surface area contributed by atoms with E-state index in [-0.39, 0.29) is 6.04 Å². The van der Waals surface area contributed by atoms with Crippen LogP contribution in [0.15, 0.2) is 60.7 Å². The summed E-state index contributed by atoms with van der Waals surface area (Å²) in [6, 6.07) is 21.1. The second-order valence-electron chi connectivity index (χ2n) is 8.31. The fourth-order valence-electron chi connectivity index (χ4n) is 4.52. The topological polar surface area (TPSA) is 46.3 Å². The minimum Gasteiger partial charge on any atom is -0.496 e. The Bertz CT molecular complexity index is 1230. The van der Waals surface area contributed by atoms with Gasteiger partial charge in [0.1, 0.15) is 18.1 Å². The largest absolute Gasteiger partial charge is 0.496 e. The molecule has 0 radical (unpaired) electrons. The van der Waals surface area contributed by atoms with Crippen LogP contribution in [-0.4, -0.2) is 18.6 Å². The van der Waals surface area contributed by atoms with Crippen LogP contribution in [0.25, 0.3) is 10.9 Å². The number of aromatic nitrogens is 1. The number of aryl methyl sites for hydroxylation is 2. The maximum absolute atomic E-state index is 6.09. The molecule has 3 aromatic carbocycles. The SMILES string of the molecule is COc1cc(C)c(C)cc1C1NCCc2c1[nH]c1ccc(OCc3ccccc3)cc21. The van der Waals surface area contributed by atoms with Crippen LogP contribution in [0.3, 0.4) is 0 Å². The summed E-state index contributed by atoms with van der Waals surface area (Å²) in [6.45, 7) is 5.78. The molecular weight excluding hydrogens is 384 g/mol. The van der Waals surface area contributed by atoms with Gasteiger partial charge in [0.2, 0.25) is 0 Å². The molecule has 4 aromatic rings. The number of H-pyrrole nitrogens is 1. The number of hydrogen-bond donors (Lipinski definition) is 2. The Kier molecular flexibility index (Phi) is 5.16. The summed E-state index contributed by atoms with van der Waals surface area (Å²) < 4.78 is 11.8. The molecule has 1 aliphatic rings. The first-order valence-corrected chi connectivity index (χ1v) is 10.8. The second kappa shape index (κ2) is 8.12. The number of ether oxygens (including phenoxy) is 2. The third-order valence-electron chi connectivity index (χ3n) is 6.33.